The first-order chi connectivity index (χ1) is 15.1. The highest BCUT2D eigenvalue weighted by Gasteiger charge is 2.15. The first-order valence-electron chi connectivity index (χ1n) is 11.0. The molecule has 160 valence electrons. The fourth-order valence-electron chi connectivity index (χ4n) is 4.01. The van der Waals surface area contributed by atoms with Crippen LogP contribution in [0.3, 0.4) is 0 Å². The summed E-state index contributed by atoms with van der Waals surface area (Å²) in [6.45, 7) is 6.23. The Bertz CT molecular complexity index is 1050. The second-order valence-electron chi connectivity index (χ2n) is 8.35. The van der Waals surface area contributed by atoms with E-state index >= 15 is 0 Å². The van der Waals surface area contributed by atoms with Gasteiger partial charge in [0.25, 0.3) is 5.91 Å². The van der Waals surface area contributed by atoms with E-state index in [-0.39, 0.29) is 11.8 Å². The smallest absolute Gasteiger partial charge is 0.257 e. The third-order valence-electron chi connectivity index (χ3n) is 5.72. The molecule has 4 rings (SSSR count). The molecule has 6 nitrogen and oxygen atoms in total. The summed E-state index contributed by atoms with van der Waals surface area (Å²) in [5, 5.41) is 2.98. The highest BCUT2D eigenvalue weighted by Crippen LogP contribution is 2.24. The molecular formula is C25H29N5O. The van der Waals surface area contributed by atoms with Gasteiger partial charge in [-0.15, -0.1) is 0 Å². The van der Waals surface area contributed by atoms with Gasteiger partial charge in [-0.3, -0.25) is 14.8 Å². The zero-order valence-corrected chi connectivity index (χ0v) is 18.2. The summed E-state index contributed by atoms with van der Waals surface area (Å²) in [6.07, 6.45) is 11.6. The first kappa shape index (κ1) is 21.0. The van der Waals surface area contributed by atoms with Crippen molar-refractivity contribution in [2.45, 2.75) is 45.4 Å². The summed E-state index contributed by atoms with van der Waals surface area (Å²) >= 11 is 0. The topological polar surface area (TPSA) is 71.0 Å². The molecule has 1 aliphatic rings. The largest absolute Gasteiger partial charge is 0.355 e. The first-order valence-corrected chi connectivity index (χ1v) is 11.0. The molecule has 3 heterocycles. The Hall–Kier alpha value is -3.28. The van der Waals surface area contributed by atoms with Crippen molar-refractivity contribution in [2.24, 2.45) is 0 Å². The van der Waals surface area contributed by atoms with Crippen LogP contribution in [0.25, 0.3) is 0 Å². The third-order valence-corrected chi connectivity index (χ3v) is 5.72. The normalized spacial score (nSPS) is 14.8. The number of pyridine rings is 1. The lowest BCUT2D eigenvalue weighted by atomic mass is 9.96. The highest BCUT2D eigenvalue weighted by atomic mass is 16.1. The van der Waals surface area contributed by atoms with Crippen LogP contribution in [0.4, 0.5) is 11.5 Å². The van der Waals surface area contributed by atoms with E-state index in [1.54, 1.807) is 12.4 Å². The van der Waals surface area contributed by atoms with Crippen molar-refractivity contribution in [3.8, 4) is 0 Å². The van der Waals surface area contributed by atoms with E-state index in [0.29, 0.717) is 5.56 Å². The van der Waals surface area contributed by atoms with E-state index in [9.17, 15) is 4.79 Å². The number of carbonyl (C=O) groups excluding carboxylic acids is 1. The fourth-order valence-corrected chi connectivity index (χ4v) is 4.01. The summed E-state index contributed by atoms with van der Waals surface area (Å²) in [6, 6.07) is 9.85. The summed E-state index contributed by atoms with van der Waals surface area (Å²) in [4.78, 5) is 28.3. The van der Waals surface area contributed by atoms with Gasteiger partial charge < -0.3 is 10.2 Å². The maximum atomic E-state index is 12.6. The summed E-state index contributed by atoms with van der Waals surface area (Å²) in [5.74, 6) is 1.08. The van der Waals surface area contributed by atoms with Gasteiger partial charge in [0.15, 0.2) is 0 Å². The monoisotopic (exact) mass is 415 g/mol. The molecule has 0 radical (unpaired) electrons. The number of aryl methyl sites for hydroxylation is 1. The number of aromatic nitrogens is 3. The number of hydrogen-bond acceptors (Lipinski definition) is 5. The van der Waals surface area contributed by atoms with Crippen LogP contribution in [0.5, 0.6) is 0 Å². The fraction of sp³-hybridized carbons (Fsp3) is 0.360. The van der Waals surface area contributed by atoms with E-state index in [2.05, 4.69) is 33.2 Å². The van der Waals surface area contributed by atoms with Crippen LogP contribution >= 0.6 is 0 Å². The average Bonchev–Trinajstić information content (AvgIpc) is 2.80. The molecule has 1 aromatic carbocycles. The van der Waals surface area contributed by atoms with Gasteiger partial charge in [-0.25, -0.2) is 4.98 Å². The molecule has 1 N–H and O–H groups in total. The second-order valence-corrected chi connectivity index (χ2v) is 8.35. The minimum absolute atomic E-state index is 0.152. The van der Waals surface area contributed by atoms with Crippen molar-refractivity contribution < 1.29 is 4.79 Å². The Morgan fingerprint density at radius 1 is 1.06 bits per heavy atom. The number of hydrogen-bond donors (Lipinski definition) is 1. The molecule has 0 bridgehead atoms. The molecule has 2 aromatic heterocycles. The lowest BCUT2D eigenvalue weighted by Crippen LogP contribution is -2.30. The molecule has 3 aromatic rings. The number of nitrogens with one attached hydrogen (secondary N) is 1. The highest BCUT2D eigenvalue weighted by molar-refractivity contribution is 6.04. The van der Waals surface area contributed by atoms with Gasteiger partial charge in [-0.2, -0.15) is 0 Å². The quantitative estimate of drug-likeness (QED) is 0.628. The lowest BCUT2D eigenvalue weighted by Gasteiger charge is -2.27. The molecule has 0 saturated carbocycles. The van der Waals surface area contributed by atoms with Crippen LogP contribution < -0.4 is 10.2 Å². The molecule has 1 atom stereocenters. The molecular weight excluding hydrogens is 386 g/mol. The molecule has 0 aliphatic carbocycles. The Morgan fingerprint density at radius 3 is 2.68 bits per heavy atom. The molecule has 0 unspecified atom stereocenters. The molecule has 6 heteroatoms. The molecule has 31 heavy (non-hydrogen) atoms. The lowest BCUT2D eigenvalue weighted by molar-refractivity contribution is 0.102. The van der Waals surface area contributed by atoms with Crippen molar-refractivity contribution in [1.29, 1.82) is 0 Å². The van der Waals surface area contributed by atoms with Crippen molar-refractivity contribution in [3.05, 3.63) is 77.5 Å². The van der Waals surface area contributed by atoms with Crippen molar-refractivity contribution >= 4 is 17.4 Å². The SMILES string of the molecule is Cc1cncc(C(=O)Nc2cccc([C@H](C)Cc3cncc(N4CCCCC4)n3)c2)c1. The predicted octanol–water partition coefficient (Wildman–Crippen LogP) is 4.77. The summed E-state index contributed by atoms with van der Waals surface area (Å²) in [7, 11) is 0. The molecule has 1 amide bonds. The molecule has 0 spiro atoms. The van der Waals surface area contributed by atoms with Gasteiger partial charge in [0.2, 0.25) is 0 Å². The van der Waals surface area contributed by atoms with Crippen LogP contribution in [-0.2, 0) is 6.42 Å². The van der Waals surface area contributed by atoms with Crippen LogP contribution in [0.15, 0.2) is 55.1 Å². The summed E-state index contributed by atoms with van der Waals surface area (Å²) in [5.41, 5.74) is 4.45. The van der Waals surface area contributed by atoms with E-state index in [1.807, 2.05) is 43.6 Å². The van der Waals surface area contributed by atoms with E-state index in [0.717, 1.165) is 47.8 Å². The van der Waals surface area contributed by atoms with Gasteiger partial charge in [0.05, 0.1) is 17.5 Å². The zero-order valence-electron chi connectivity index (χ0n) is 18.2. The molecule has 1 saturated heterocycles. The van der Waals surface area contributed by atoms with Crippen molar-refractivity contribution in [2.75, 3.05) is 23.3 Å². The number of rotatable bonds is 6. The zero-order chi connectivity index (χ0) is 21.6. The van der Waals surface area contributed by atoms with Gasteiger partial charge in [-0.05, 0) is 67.9 Å². The van der Waals surface area contributed by atoms with Gasteiger partial charge in [0, 0.05) is 37.4 Å². The number of amides is 1. The Morgan fingerprint density at radius 2 is 1.87 bits per heavy atom. The number of carbonyl (C=O) groups is 1. The van der Waals surface area contributed by atoms with Crippen LogP contribution in [0.2, 0.25) is 0 Å². The van der Waals surface area contributed by atoms with Crippen molar-refractivity contribution in [3.63, 3.8) is 0 Å². The number of piperidine rings is 1. The molecule has 1 fully saturated rings. The maximum Gasteiger partial charge on any atom is 0.257 e. The minimum Gasteiger partial charge on any atom is -0.355 e. The Balaban J connectivity index is 1.43. The predicted molar refractivity (Wildman–Crippen MR) is 124 cm³/mol. The second kappa shape index (κ2) is 9.69. The van der Waals surface area contributed by atoms with Gasteiger partial charge in [-0.1, -0.05) is 19.1 Å². The van der Waals surface area contributed by atoms with E-state index in [4.69, 9.17) is 4.98 Å². The Labute approximate surface area is 183 Å². The van der Waals surface area contributed by atoms with Gasteiger partial charge >= 0.3 is 0 Å². The number of nitrogens with zero attached hydrogens (tertiary/aromatic N) is 4. The minimum atomic E-state index is -0.152. The van der Waals surface area contributed by atoms with Crippen LogP contribution in [-0.4, -0.2) is 33.9 Å². The molecule has 1 aliphatic heterocycles. The van der Waals surface area contributed by atoms with Gasteiger partial charge in [0.1, 0.15) is 5.82 Å². The maximum absolute atomic E-state index is 12.6. The van der Waals surface area contributed by atoms with Crippen LogP contribution in [0, 0.1) is 6.92 Å². The number of anilines is 2. The summed E-state index contributed by atoms with van der Waals surface area (Å²) < 4.78 is 0. The van der Waals surface area contributed by atoms with E-state index in [1.165, 1.54) is 19.3 Å². The Kier molecular flexibility index (Phi) is 6.55. The average molecular weight is 416 g/mol. The third kappa shape index (κ3) is 5.45. The van der Waals surface area contributed by atoms with E-state index < -0.39 is 0 Å². The standard InChI is InChI=1S/C25H29N5O/c1-18-11-21(15-26-14-18)25(31)29-22-8-6-7-20(13-22)19(2)12-23-16-27-17-24(28-23)30-9-4-3-5-10-30/h6-8,11,13-17,19H,3-5,9-10,12H2,1-2H3,(H,29,31)/t19-/m1/s1. The van der Waals surface area contributed by atoms with Crippen molar-refractivity contribution in [1.82, 2.24) is 15.0 Å². The number of benzene rings is 1. The van der Waals surface area contributed by atoms with Crippen LogP contribution in [0.1, 0.15) is 59.3 Å².